The van der Waals surface area contributed by atoms with Crippen molar-refractivity contribution in [2.45, 2.75) is 25.3 Å². The lowest BCUT2D eigenvalue weighted by molar-refractivity contribution is 0.401. The van der Waals surface area contributed by atoms with E-state index in [1.807, 2.05) is 0 Å². The minimum absolute atomic E-state index is 0.502. The lowest BCUT2D eigenvalue weighted by atomic mass is 10.2. The number of rotatable bonds is 1. The topological polar surface area (TPSA) is 15.6 Å². The van der Waals surface area contributed by atoms with Crippen molar-refractivity contribution in [3.63, 3.8) is 0 Å². The number of hydrogen-bond acceptors (Lipinski definition) is 3. The van der Waals surface area contributed by atoms with Crippen LogP contribution in [-0.2, 0) is 0 Å². The molecule has 1 atom stereocenters. The highest BCUT2D eigenvalue weighted by atomic mass is 32.1. The van der Waals surface area contributed by atoms with Crippen LogP contribution in [0.2, 0.25) is 0 Å². The van der Waals surface area contributed by atoms with Crippen LogP contribution in [0.4, 0.5) is 0 Å². The lowest BCUT2D eigenvalue weighted by Gasteiger charge is -2.26. The van der Waals surface area contributed by atoms with Crippen LogP contribution in [0.3, 0.4) is 0 Å². The summed E-state index contributed by atoms with van der Waals surface area (Å²) in [5.74, 6) is 2.26. The predicted molar refractivity (Wildman–Crippen MR) is 50.5 cm³/mol. The second kappa shape index (κ2) is 3.05. The molecule has 2 rings (SSSR count). The summed E-state index contributed by atoms with van der Waals surface area (Å²) < 4.78 is 0. The summed E-state index contributed by atoms with van der Waals surface area (Å²) in [4.78, 5) is 7.05. The third-order valence-corrected chi connectivity index (χ3v) is 2.89. The normalized spacial score (nSPS) is 30.1. The van der Waals surface area contributed by atoms with Crippen LogP contribution in [0.1, 0.15) is 19.3 Å². The summed E-state index contributed by atoms with van der Waals surface area (Å²) >= 11 is 4.27. The van der Waals surface area contributed by atoms with E-state index >= 15 is 0 Å². The van der Waals surface area contributed by atoms with Crippen molar-refractivity contribution in [1.29, 1.82) is 0 Å². The first-order chi connectivity index (χ1) is 5.40. The van der Waals surface area contributed by atoms with Crippen LogP contribution in [0.5, 0.6) is 0 Å². The molecule has 2 aliphatic heterocycles. The number of aliphatic imine (C=N–C) groups is 1. The van der Waals surface area contributed by atoms with Crippen LogP contribution in [0.15, 0.2) is 4.99 Å². The molecule has 1 saturated heterocycles. The van der Waals surface area contributed by atoms with E-state index in [-0.39, 0.29) is 0 Å². The molecule has 1 fully saturated rings. The fourth-order valence-corrected chi connectivity index (χ4v) is 2.08. The van der Waals surface area contributed by atoms with Gasteiger partial charge in [-0.05, 0) is 12.8 Å². The Bertz CT molecular complexity index is 179. The molecule has 0 aromatic rings. The highest BCUT2D eigenvalue weighted by molar-refractivity contribution is 7.80. The van der Waals surface area contributed by atoms with Gasteiger partial charge in [-0.2, -0.15) is 12.6 Å². The number of fused-ring (bicyclic) bond motifs is 1. The van der Waals surface area contributed by atoms with Crippen molar-refractivity contribution < 1.29 is 0 Å². The molecule has 2 nitrogen and oxygen atoms in total. The quantitative estimate of drug-likeness (QED) is 0.584. The Morgan fingerprint density at radius 1 is 1.55 bits per heavy atom. The SMILES string of the molecule is SCC1CCN2CCCC2=N1. The molecule has 0 bridgehead atoms. The van der Waals surface area contributed by atoms with Crippen molar-refractivity contribution in [2.75, 3.05) is 18.8 Å². The summed E-state index contributed by atoms with van der Waals surface area (Å²) in [6, 6.07) is 0.502. The van der Waals surface area contributed by atoms with E-state index in [0.29, 0.717) is 6.04 Å². The average molecular weight is 170 g/mol. The van der Waals surface area contributed by atoms with Gasteiger partial charge in [-0.25, -0.2) is 0 Å². The molecule has 0 aliphatic carbocycles. The van der Waals surface area contributed by atoms with Gasteiger partial charge in [0.15, 0.2) is 0 Å². The zero-order valence-electron chi connectivity index (χ0n) is 6.66. The molecule has 1 unspecified atom stereocenters. The van der Waals surface area contributed by atoms with E-state index in [1.165, 1.54) is 38.2 Å². The van der Waals surface area contributed by atoms with Gasteiger partial charge in [0.25, 0.3) is 0 Å². The fourth-order valence-electron chi connectivity index (χ4n) is 1.81. The first kappa shape index (κ1) is 7.47. The molecule has 0 radical (unpaired) electrons. The predicted octanol–water partition coefficient (Wildman–Crippen LogP) is 1.18. The molecule has 0 spiro atoms. The van der Waals surface area contributed by atoms with E-state index in [2.05, 4.69) is 22.5 Å². The molecule has 0 N–H and O–H groups in total. The minimum atomic E-state index is 0.502. The summed E-state index contributed by atoms with van der Waals surface area (Å²) in [6.07, 6.45) is 3.70. The molecular weight excluding hydrogens is 156 g/mol. The molecular formula is C8H14N2S. The molecule has 0 aromatic heterocycles. The van der Waals surface area contributed by atoms with Gasteiger partial charge in [-0.1, -0.05) is 0 Å². The first-order valence-corrected chi connectivity index (χ1v) is 4.96. The van der Waals surface area contributed by atoms with Crippen LogP contribution < -0.4 is 0 Å². The maximum absolute atomic E-state index is 4.63. The Kier molecular flexibility index (Phi) is 2.07. The van der Waals surface area contributed by atoms with E-state index in [9.17, 15) is 0 Å². The third-order valence-electron chi connectivity index (χ3n) is 2.47. The number of thiol groups is 1. The largest absolute Gasteiger partial charge is 0.360 e. The molecule has 2 heterocycles. The molecule has 2 aliphatic rings. The Balaban J connectivity index is 2.09. The zero-order chi connectivity index (χ0) is 7.68. The van der Waals surface area contributed by atoms with Gasteiger partial charge in [0.2, 0.25) is 0 Å². The molecule has 0 saturated carbocycles. The maximum atomic E-state index is 4.63. The van der Waals surface area contributed by atoms with Crippen molar-refractivity contribution in [1.82, 2.24) is 4.90 Å². The van der Waals surface area contributed by atoms with Gasteiger partial charge in [0.05, 0.1) is 11.9 Å². The van der Waals surface area contributed by atoms with Crippen molar-refractivity contribution in [3.8, 4) is 0 Å². The Hall–Kier alpha value is -0.180. The van der Waals surface area contributed by atoms with Gasteiger partial charge in [0.1, 0.15) is 0 Å². The standard InChI is InChI=1S/C8H14N2S/c11-6-7-3-5-10-4-1-2-8(10)9-7/h7,11H,1-6H2. The van der Waals surface area contributed by atoms with Crippen molar-refractivity contribution >= 4 is 18.5 Å². The van der Waals surface area contributed by atoms with E-state index < -0.39 is 0 Å². The second-order valence-electron chi connectivity index (χ2n) is 3.26. The van der Waals surface area contributed by atoms with Crippen molar-refractivity contribution in [3.05, 3.63) is 0 Å². The van der Waals surface area contributed by atoms with Crippen LogP contribution in [0.25, 0.3) is 0 Å². The van der Waals surface area contributed by atoms with Gasteiger partial charge in [-0.15, -0.1) is 0 Å². The molecule has 3 heteroatoms. The molecule has 0 aromatic carbocycles. The van der Waals surface area contributed by atoms with Gasteiger partial charge < -0.3 is 4.90 Å². The van der Waals surface area contributed by atoms with E-state index in [1.54, 1.807) is 0 Å². The number of nitrogens with zero attached hydrogens (tertiary/aromatic N) is 2. The van der Waals surface area contributed by atoms with Crippen molar-refractivity contribution in [2.24, 2.45) is 4.99 Å². The average Bonchev–Trinajstić information content (AvgIpc) is 2.50. The zero-order valence-corrected chi connectivity index (χ0v) is 7.56. The minimum Gasteiger partial charge on any atom is -0.360 e. The second-order valence-corrected chi connectivity index (χ2v) is 3.63. The molecule has 0 amide bonds. The van der Waals surface area contributed by atoms with Crippen LogP contribution in [0, 0.1) is 0 Å². The summed E-state index contributed by atoms with van der Waals surface area (Å²) in [5.41, 5.74) is 0. The van der Waals surface area contributed by atoms with E-state index in [4.69, 9.17) is 0 Å². The third kappa shape index (κ3) is 1.39. The Morgan fingerprint density at radius 2 is 2.45 bits per heavy atom. The Labute approximate surface area is 73.1 Å². The van der Waals surface area contributed by atoms with Crippen LogP contribution in [-0.4, -0.2) is 35.6 Å². The monoisotopic (exact) mass is 170 g/mol. The van der Waals surface area contributed by atoms with E-state index in [0.717, 1.165) is 5.75 Å². The highest BCUT2D eigenvalue weighted by Crippen LogP contribution is 2.19. The summed E-state index contributed by atoms with van der Waals surface area (Å²) in [5, 5.41) is 0. The fraction of sp³-hybridized carbons (Fsp3) is 0.875. The maximum Gasteiger partial charge on any atom is 0.0993 e. The first-order valence-electron chi connectivity index (χ1n) is 4.32. The number of amidine groups is 1. The van der Waals surface area contributed by atoms with Gasteiger partial charge in [-0.3, -0.25) is 4.99 Å². The molecule has 62 valence electrons. The number of hydrogen-bond donors (Lipinski definition) is 1. The van der Waals surface area contributed by atoms with Crippen LogP contribution >= 0.6 is 12.6 Å². The van der Waals surface area contributed by atoms with Gasteiger partial charge >= 0.3 is 0 Å². The molecule has 11 heavy (non-hydrogen) atoms. The lowest BCUT2D eigenvalue weighted by Crippen LogP contribution is -2.34. The smallest absolute Gasteiger partial charge is 0.0993 e. The Morgan fingerprint density at radius 3 is 3.27 bits per heavy atom. The van der Waals surface area contributed by atoms with Gasteiger partial charge in [0, 0.05) is 25.3 Å². The summed E-state index contributed by atoms with van der Waals surface area (Å²) in [7, 11) is 0. The summed E-state index contributed by atoms with van der Waals surface area (Å²) in [6.45, 7) is 2.45. The highest BCUT2D eigenvalue weighted by Gasteiger charge is 2.24.